The van der Waals surface area contributed by atoms with E-state index < -0.39 is 0 Å². The fourth-order valence-corrected chi connectivity index (χ4v) is 3.44. The zero-order chi connectivity index (χ0) is 16.7. The maximum Gasteiger partial charge on any atom is 0.168 e. The fraction of sp³-hybridized carbons (Fsp3) is 0.263. The summed E-state index contributed by atoms with van der Waals surface area (Å²) in [5, 5.41) is 0. The Morgan fingerprint density at radius 1 is 1.17 bits per heavy atom. The van der Waals surface area contributed by atoms with Crippen molar-refractivity contribution in [1.29, 1.82) is 0 Å². The maximum atomic E-state index is 12.8. The number of nitrogens with zero attached hydrogens (tertiary/aromatic N) is 2. The average molecular weight is 322 g/mol. The summed E-state index contributed by atoms with van der Waals surface area (Å²) >= 11 is 0. The van der Waals surface area contributed by atoms with Gasteiger partial charge in [-0.2, -0.15) is 0 Å². The normalized spacial score (nSPS) is 16.4. The zero-order valence-corrected chi connectivity index (χ0v) is 13.7. The van der Waals surface area contributed by atoms with Gasteiger partial charge in [-0.05, 0) is 36.2 Å². The molecule has 5 heteroatoms. The zero-order valence-electron chi connectivity index (χ0n) is 13.7. The van der Waals surface area contributed by atoms with E-state index in [4.69, 9.17) is 9.47 Å². The average Bonchev–Trinajstić information content (AvgIpc) is 3.16. The minimum Gasteiger partial charge on any atom is -0.493 e. The van der Waals surface area contributed by atoms with Crippen LogP contribution >= 0.6 is 0 Å². The van der Waals surface area contributed by atoms with Gasteiger partial charge in [0.05, 0.1) is 31.6 Å². The number of carbonyl (C=O) groups excluding carboxylic acids is 1. The van der Waals surface area contributed by atoms with Gasteiger partial charge >= 0.3 is 0 Å². The molecule has 0 spiro atoms. The molecule has 1 aliphatic rings. The van der Waals surface area contributed by atoms with Crippen LogP contribution in [-0.4, -0.2) is 29.6 Å². The predicted molar refractivity (Wildman–Crippen MR) is 90.8 cm³/mol. The van der Waals surface area contributed by atoms with Crippen molar-refractivity contribution in [2.75, 3.05) is 14.2 Å². The van der Waals surface area contributed by atoms with Gasteiger partial charge in [0.1, 0.15) is 0 Å². The van der Waals surface area contributed by atoms with Crippen LogP contribution in [0.15, 0.2) is 42.7 Å². The molecule has 122 valence electrons. The van der Waals surface area contributed by atoms with E-state index in [0.717, 1.165) is 22.2 Å². The van der Waals surface area contributed by atoms with Crippen molar-refractivity contribution in [3.8, 4) is 11.5 Å². The summed E-state index contributed by atoms with van der Waals surface area (Å²) < 4.78 is 12.7. The van der Waals surface area contributed by atoms with Crippen molar-refractivity contribution in [3.63, 3.8) is 0 Å². The first-order valence-corrected chi connectivity index (χ1v) is 7.90. The first-order valence-electron chi connectivity index (χ1n) is 7.90. The van der Waals surface area contributed by atoms with Gasteiger partial charge in [-0.25, -0.2) is 4.98 Å². The Morgan fingerprint density at radius 2 is 1.92 bits per heavy atom. The van der Waals surface area contributed by atoms with Crippen LogP contribution < -0.4 is 9.47 Å². The maximum absolute atomic E-state index is 12.8. The van der Waals surface area contributed by atoms with Gasteiger partial charge in [-0.3, -0.25) is 4.79 Å². The van der Waals surface area contributed by atoms with Crippen LogP contribution in [0.1, 0.15) is 15.9 Å². The minimum atomic E-state index is -0.0885. The van der Waals surface area contributed by atoms with Crippen molar-refractivity contribution in [2.45, 2.75) is 13.0 Å². The molecule has 3 aromatic rings. The molecule has 0 aliphatic heterocycles. The third-order valence-electron chi connectivity index (χ3n) is 4.66. The second-order valence-electron chi connectivity index (χ2n) is 6.02. The fourth-order valence-electron chi connectivity index (χ4n) is 3.44. The van der Waals surface area contributed by atoms with Crippen LogP contribution in [0.4, 0.5) is 0 Å². The largest absolute Gasteiger partial charge is 0.493 e. The summed E-state index contributed by atoms with van der Waals surface area (Å²) in [4.78, 5) is 17.2. The van der Waals surface area contributed by atoms with E-state index in [1.54, 1.807) is 20.3 Å². The number of rotatable bonds is 4. The lowest BCUT2D eigenvalue weighted by atomic mass is 10.1. The van der Waals surface area contributed by atoms with E-state index in [2.05, 4.69) is 9.55 Å². The van der Waals surface area contributed by atoms with Gasteiger partial charge in [0.15, 0.2) is 17.3 Å². The van der Waals surface area contributed by atoms with E-state index in [1.807, 2.05) is 36.7 Å². The number of Topliss-reactive ketones (excluding diaryl/α,β-unsaturated/α-hetero) is 1. The summed E-state index contributed by atoms with van der Waals surface area (Å²) in [7, 11) is 3.19. The molecule has 1 aliphatic carbocycles. The molecule has 0 amide bonds. The van der Waals surface area contributed by atoms with E-state index in [9.17, 15) is 4.79 Å². The Balaban J connectivity index is 1.65. The molecule has 24 heavy (non-hydrogen) atoms. The first-order chi connectivity index (χ1) is 11.7. The van der Waals surface area contributed by atoms with E-state index in [-0.39, 0.29) is 11.7 Å². The Hall–Kier alpha value is -2.82. The summed E-state index contributed by atoms with van der Waals surface area (Å²) in [6, 6.07) is 11.7. The number of para-hydroxylation sites is 2. The molecule has 0 bridgehead atoms. The third kappa shape index (κ3) is 2.24. The van der Waals surface area contributed by atoms with Crippen molar-refractivity contribution < 1.29 is 14.3 Å². The highest BCUT2D eigenvalue weighted by molar-refractivity contribution is 6.03. The predicted octanol–water partition coefficient (Wildman–Crippen LogP) is 3.11. The number of ether oxygens (including phenoxy) is 2. The van der Waals surface area contributed by atoms with Crippen LogP contribution in [0.2, 0.25) is 0 Å². The molecule has 0 N–H and O–H groups in total. The number of fused-ring (bicyclic) bond motifs is 2. The van der Waals surface area contributed by atoms with Gasteiger partial charge in [-0.1, -0.05) is 12.1 Å². The van der Waals surface area contributed by atoms with Crippen LogP contribution in [0.5, 0.6) is 11.5 Å². The van der Waals surface area contributed by atoms with Gasteiger partial charge in [-0.15, -0.1) is 0 Å². The number of ketones is 1. The number of hydrogen-bond donors (Lipinski definition) is 0. The van der Waals surface area contributed by atoms with Crippen LogP contribution in [0.3, 0.4) is 0 Å². The number of imidazole rings is 1. The molecular formula is C19H18N2O3. The lowest BCUT2D eigenvalue weighted by Crippen LogP contribution is -2.16. The molecule has 0 saturated heterocycles. The van der Waals surface area contributed by atoms with Crippen molar-refractivity contribution in [1.82, 2.24) is 9.55 Å². The summed E-state index contributed by atoms with van der Waals surface area (Å²) in [6.07, 6.45) is 2.52. The van der Waals surface area contributed by atoms with Gasteiger partial charge < -0.3 is 14.0 Å². The Kier molecular flexibility index (Phi) is 3.49. The van der Waals surface area contributed by atoms with E-state index in [0.29, 0.717) is 24.5 Å². The van der Waals surface area contributed by atoms with E-state index >= 15 is 0 Å². The second kappa shape index (κ2) is 5.67. The Morgan fingerprint density at radius 3 is 2.71 bits per heavy atom. The highest BCUT2D eigenvalue weighted by Gasteiger charge is 2.32. The number of benzene rings is 2. The molecule has 1 unspecified atom stereocenters. The number of carbonyl (C=O) groups is 1. The molecule has 5 nitrogen and oxygen atoms in total. The molecule has 0 fully saturated rings. The first kappa shape index (κ1) is 14.8. The third-order valence-corrected chi connectivity index (χ3v) is 4.66. The van der Waals surface area contributed by atoms with Gasteiger partial charge in [0, 0.05) is 18.0 Å². The second-order valence-corrected chi connectivity index (χ2v) is 6.02. The highest BCUT2D eigenvalue weighted by Crippen LogP contribution is 2.37. The monoisotopic (exact) mass is 322 g/mol. The van der Waals surface area contributed by atoms with E-state index in [1.165, 1.54) is 0 Å². The minimum absolute atomic E-state index is 0.0885. The van der Waals surface area contributed by atoms with Crippen LogP contribution in [0, 0.1) is 5.92 Å². The van der Waals surface area contributed by atoms with Gasteiger partial charge in [0.25, 0.3) is 0 Å². The summed E-state index contributed by atoms with van der Waals surface area (Å²) in [6.45, 7) is 0.624. The van der Waals surface area contributed by atoms with Crippen LogP contribution in [0.25, 0.3) is 11.0 Å². The lowest BCUT2D eigenvalue weighted by Gasteiger charge is -2.09. The Bertz CT molecular complexity index is 930. The SMILES string of the molecule is COc1cc2c(cc1OC)C(=O)C(Cn1cnc3ccccc31)C2. The number of aromatic nitrogens is 2. The summed E-state index contributed by atoms with van der Waals surface area (Å²) in [5.74, 6) is 1.33. The standard InChI is InChI=1S/C19H18N2O3/c1-23-17-8-12-7-13(19(22)14(12)9-18(17)24-2)10-21-11-20-15-5-3-4-6-16(15)21/h3-6,8-9,11,13H,7,10H2,1-2H3. The van der Waals surface area contributed by atoms with Gasteiger partial charge in [0.2, 0.25) is 0 Å². The lowest BCUT2D eigenvalue weighted by molar-refractivity contribution is 0.0925. The van der Waals surface area contributed by atoms with Crippen molar-refractivity contribution in [3.05, 3.63) is 53.9 Å². The summed E-state index contributed by atoms with van der Waals surface area (Å²) in [5.41, 5.74) is 3.76. The van der Waals surface area contributed by atoms with Crippen molar-refractivity contribution >= 4 is 16.8 Å². The van der Waals surface area contributed by atoms with Crippen molar-refractivity contribution in [2.24, 2.45) is 5.92 Å². The molecule has 2 aromatic carbocycles. The quantitative estimate of drug-likeness (QED) is 0.740. The molecular weight excluding hydrogens is 304 g/mol. The topological polar surface area (TPSA) is 53.4 Å². The molecule has 4 rings (SSSR count). The smallest absolute Gasteiger partial charge is 0.168 e. The molecule has 1 heterocycles. The Labute approximate surface area is 139 Å². The highest BCUT2D eigenvalue weighted by atomic mass is 16.5. The molecule has 1 atom stereocenters. The molecule has 1 aromatic heterocycles. The number of hydrogen-bond acceptors (Lipinski definition) is 4. The number of methoxy groups -OCH3 is 2. The molecule has 0 saturated carbocycles. The molecule has 0 radical (unpaired) electrons. The van der Waals surface area contributed by atoms with Crippen LogP contribution in [-0.2, 0) is 13.0 Å².